The molecule has 1 rings (SSSR count). The summed E-state index contributed by atoms with van der Waals surface area (Å²) in [6.45, 7) is 9.91. The van der Waals surface area contributed by atoms with Gasteiger partial charge in [0.2, 0.25) is 0 Å². The van der Waals surface area contributed by atoms with Crippen molar-refractivity contribution in [1.82, 2.24) is 4.37 Å². The van der Waals surface area contributed by atoms with Gasteiger partial charge in [-0.15, -0.1) is 0 Å². The van der Waals surface area contributed by atoms with E-state index in [0.717, 1.165) is 17.3 Å². The zero-order chi connectivity index (χ0) is 11.4. The first kappa shape index (κ1) is 12.1. The molecule has 2 N–H and O–H groups in total. The lowest BCUT2D eigenvalue weighted by Crippen LogP contribution is -2.29. The van der Waals surface area contributed by atoms with Crippen molar-refractivity contribution in [3.05, 3.63) is 0 Å². The third-order valence-electron chi connectivity index (χ3n) is 2.17. The first-order chi connectivity index (χ1) is 7.11. The summed E-state index contributed by atoms with van der Waals surface area (Å²) in [6.07, 6.45) is 0. The van der Waals surface area contributed by atoms with Gasteiger partial charge >= 0.3 is 0 Å². The Labute approximate surface area is 95.2 Å². The quantitative estimate of drug-likeness (QED) is 0.842. The van der Waals surface area contributed by atoms with Crippen LogP contribution in [0.2, 0.25) is 0 Å². The molecule has 0 fully saturated rings. The molecule has 5 heteroatoms. The molecule has 0 saturated carbocycles. The average Bonchev–Trinajstić information content (AvgIpc) is 2.51. The largest absolute Gasteiger partial charge is 0.487 e. The summed E-state index contributed by atoms with van der Waals surface area (Å²) in [6, 6.07) is 0.425. The second-order valence-corrected chi connectivity index (χ2v) is 4.27. The second-order valence-electron chi connectivity index (χ2n) is 3.51. The molecule has 86 valence electrons. The van der Waals surface area contributed by atoms with Crippen LogP contribution in [-0.2, 0) is 0 Å². The predicted octanol–water partition coefficient (Wildman–Crippen LogP) is 2.36. The molecule has 0 unspecified atom stereocenters. The minimum Gasteiger partial charge on any atom is -0.487 e. The maximum atomic E-state index is 5.77. The number of nitrogens with zero attached hydrogens (tertiary/aromatic N) is 2. The van der Waals surface area contributed by atoms with Crippen LogP contribution in [0.5, 0.6) is 5.75 Å². The van der Waals surface area contributed by atoms with Crippen LogP contribution >= 0.6 is 11.5 Å². The van der Waals surface area contributed by atoms with Crippen LogP contribution in [0.25, 0.3) is 0 Å². The fourth-order valence-corrected chi connectivity index (χ4v) is 2.45. The minimum absolute atomic E-state index is 0.425. The molecule has 15 heavy (non-hydrogen) atoms. The molecule has 1 aromatic heterocycles. The predicted molar refractivity (Wildman–Crippen MR) is 65.9 cm³/mol. The SMILES string of the molecule is CCOc1c(N)nsc1N(CC)C(C)C. The highest BCUT2D eigenvalue weighted by molar-refractivity contribution is 7.11. The molecule has 0 saturated heterocycles. The third-order valence-corrected chi connectivity index (χ3v) is 3.05. The Morgan fingerprint density at radius 1 is 1.47 bits per heavy atom. The van der Waals surface area contributed by atoms with Gasteiger partial charge in [0, 0.05) is 12.6 Å². The van der Waals surface area contributed by atoms with Crippen LogP contribution < -0.4 is 15.4 Å². The molecule has 0 amide bonds. The lowest BCUT2D eigenvalue weighted by atomic mass is 10.3. The van der Waals surface area contributed by atoms with E-state index in [1.165, 1.54) is 11.5 Å². The summed E-state index contributed by atoms with van der Waals surface area (Å²) < 4.78 is 9.66. The van der Waals surface area contributed by atoms with E-state index in [9.17, 15) is 0 Å². The van der Waals surface area contributed by atoms with Gasteiger partial charge < -0.3 is 15.4 Å². The van der Waals surface area contributed by atoms with E-state index >= 15 is 0 Å². The molecular formula is C10H19N3OS. The lowest BCUT2D eigenvalue weighted by Gasteiger charge is -2.26. The van der Waals surface area contributed by atoms with Crippen molar-refractivity contribution in [2.75, 3.05) is 23.8 Å². The molecule has 0 aliphatic carbocycles. The third kappa shape index (κ3) is 2.53. The Morgan fingerprint density at radius 2 is 2.13 bits per heavy atom. The van der Waals surface area contributed by atoms with E-state index in [1.807, 2.05) is 6.92 Å². The highest BCUT2D eigenvalue weighted by atomic mass is 32.1. The number of nitrogen functional groups attached to an aromatic ring is 1. The Bertz CT molecular complexity index is 312. The monoisotopic (exact) mass is 229 g/mol. The zero-order valence-corrected chi connectivity index (χ0v) is 10.6. The number of aromatic nitrogens is 1. The minimum atomic E-state index is 0.425. The van der Waals surface area contributed by atoms with Gasteiger partial charge in [0.1, 0.15) is 0 Å². The molecule has 0 aliphatic heterocycles. The van der Waals surface area contributed by atoms with Gasteiger partial charge in [-0.05, 0) is 39.2 Å². The Balaban J connectivity index is 3.00. The number of hydrogen-bond donors (Lipinski definition) is 1. The summed E-state index contributed by atoms with van der Waals surface area (Å²) in [7, 11) is 0. The molecule has 0 radical (unpaired) electrons. The molecular weight excluding hydrogens is 210 g/mol. The van der Waals surface area contributed by atoms with Gasteiger partial charge in [0.15, 0.2) is 16.6 Å². The standard InChI is InChI=1S/C10H19N3OS/c1-5-13(7(3)4)10-8(14-6-2)9(11)12-15-10/h7H,5-6H2,1-4H3,(H2,11,12). The van der Waals surface area contributed by atoms with Gasteiger partial charge in [0.25, 0.3) is 0 Å². The van der Waals surface area contributed by atoms with Crippen LogP contribution in [0.1, 0.15) is 27.7 Å². The summed E-state index contributed by atoms with van der Waals surface area (Å²) >= 11 is 1.40. The molecule has 1 heterocycles. The topological polar surface area (TPSA) is 51.4 Å². The number of anilines is 2. The van der Waals surface area contributed by atoms with Gasteiger partial charge in [-0.2, -0.15) is 4.37 Å². The van der Waals surface area contributed by atoms with Crippen molar-refractivity contribution < 1.29 is 4.74 Å². The normalized spacial score (nSPS) is 10.7. The van der Waals surface area contributed by atoms with Crippen LogP contribution in [0, 0.1) is 0 Å². The number of hydrogen-bond acceptors (Lipinski definition) is 5. The van der Waals surface area contributed by atoms with Crippen LogP contribution in [-0.4, -0.2) is 23.6 Å². The van der Waals surface area contributed by atoms with Crippen molar-refractivity contribution in [1.29, 1.82) is 0 Å². The molecule has 0 spiro atoms. The lowest BCUT2D eigenvalue weighted by molar-refractivity contribution is 0.342. The van der Waals surface area contributed by atoms with Gasteiger partial charge in [0.05, 0.1) is 6.61 Å². The Morgan fingerprint density at radius 3 is 2.60 bits per heavy atom. The van der Waals surface area contributed by atoms with E-state index in [1.54, 1.807) is 0 Å². The maximum absolute atomic E-state index is 5.77. The van der Waals surface area contributed by atoms with Crippen molar-refractivity contribution in [3.63, 3.8) is 0 Å². The van der Waals surface area contributed by atoms with E-state index < -0.39 is 0 Å². The van der Waals surface area contributed by atoms with Crippen LogP contribution in [0.15, 0.2) is 0 Å². The van der Waals surface area contributed by atoms with Crippen LogP contribution in [0.4, 0.5) is 10.8 Å². The van der Waals surface area contributed by atoms with E-state index in [4.69, 9.17) is 10.5 Å². The second kappa shape index (κ2) is 5.21. The van der Waals surface area contributed by atoms with Gasteiger partial charge in [-0.1, -0.05) is 0 Å². The first-order valence-electron chi connectivity index (χ1n) is 5.26. The number of rotatable bonds is 5. The molecule has 0 aromatic carbocycles. The number of nitrogens with two attached hydrogens (primary N) is 1. The molecule has 0 aliphatic rings. The van der Waals surface area contributed by atoms with E-state index in [0.29, 0.717) is 18.5 Å². The molecule has 1 aromatic rings. The highest BCUT2D eigenvalue weighted by Crippen LogP contribution is 2.38. The smallest absolute Gasteiger partial charge is 0.197 e. The number of ether oxygens (including phenoxy) is 1. The van der Waals surface area contributed by atoms with Gasteiger partial charge in [-0.25, -0.2) is 0 Å². The maximum Gasteiger partial charge on any atom is 0.197 e. The van der Waals surface area contributed by atoms with Crippen LogP contribution in [0.3, 0.4) is 0 Å². The Kier molecular flexibility index (Phi) is 4.20. The fourth-order valence-electron chi connectivity index (χ4n) is 1.49. The van der Waals surface area contributed by atoms with Crippen molar-refractivity contribution in [2.45, 2.75) is 33.7 Å². The van der Waals surface area contributed by atoms with Crippen molar-refractivity contribution >= 4 is 22.4 Å². The summed E-state index contributed by atoms with van der Waals surface area (Å²) in [5.41, 5.74) is 5.77. The molecule has 0 bridgehead atoms. The Hall–Kier alpha value is -0.970. The fraction of sp³-hybridized carbons (Fsp3) is 0.700. The summed E-state index contributed by atoms with van der Waals surface area (Å²) in [4.78, 5) is 2.24. The van der Waals surface area contributed by atoms with Gasteiger partial charge in [-0.3, -0.25) is 0 Å². The zero-order valence-electron chi connectivity index (χ0n) is 9.78. The molecule has 0 atom stereocenters. The summed E-state index contributed by atoms with van der Waals surface area (Å²) in [5, 5.41) is 1.03. The highest BCUT2D eigenvalue weighted by Gasteiger charge is 2.19. The van der Waals surface area contributed by atoms with Crippen molar-refractivity contribution in [3.8, 4) is 5.75 Å². The van der Waals surface area contributed by atoms with E-state index in [-0.39, 0.29) is 0 Å². The molecule has 4 nitrogen and oxygen atoms in total. The average molecular weight is 229 g/mol. The van der Waals surface area contributed by atoms with E-state index in [2.05, 4.69) is 30.0 Å². The van der Waals surface area contributed by atoms with Crippen molar-refractivity contribution in [2.24, 2.45) is 0 Å². The first-order valence-corrected chi connectivity index (χ1v) is 6.03. The summed E-state index contributed by atoms with van der Waals surface area (Å²) in [5.74, 6) is 1.23.